The normalized spacial score (nSPS) is 19.5. The molecule has 31 heavy (non-hydrogen) atoms. The third-order valence-corrected chi connectivity index (χ3v) is 8.02. The Hall–Kier alpha value is -2.26. The van der Waals surface area contributed by atoms with E-state index in [4.69, 9.17) is 0 Å². The number of likely N-dealkylation sites (N-methyl/N-ethyl adjacent to an activating group) is 1. The third kappa shape index (κ3) is 5.15. The van der Waals surface area contributed by atoms with Crippen molar-refractivity contribution in [2.45, 2.75) is 11.4 Å². The Kier molecular flexibility index (Phi) is 6.71. The van der Waals surface area contributed by atoms with Gasteiger partial charge in [-0.15, -0.1) is 0 Å². The first-order valence-corrected chi connectivity index (χ1v) is 12.2. The van der Waals surface area contributed by atoms with E-state index in [2.05, 4.69) is 16.8 Å². The number of carbonyl (C=O) groups excluding carboxylic acids is 1. The van der Waals surface area contributed by atoms with E-state index in [0.717, 1.165) is 43.9 Å². The summed E-state index contributed by atoms with van der Waals surface area (Å²) in [6, 6.07) is 16.5. The van der Waals surface area contributed by atoms with Crippen molar-refractivity contribution in [1.29, 1.82) is 0 Å². The molecule has 4 rings (SSSR count). The number of benzene rings is 2. The van der Waals surface area contributed by atoms with Gasteiger partial charge in [-0.25, -0.2) is 8.42 Å². The van der Waals surface area contributed by atoms with Gasteiger partial charge >= 0.3 is 0 Å². The smallest absolute Gasteiger partial charge is 0.253 e. The Balaban J connectivity index is 1.30. The molecule has 0 unspecified atom stereocenters. The zero-order valence-electron chi connectivity index (χ0n) is 18.0. The van der Waals surface area contributed by atoms with Crippen LogP contribution < -0.4 is 0 Å². The predicted octanol–water partition coefficient (Wildman–Crippen LogP) is 1.58. The Morgan fingerprint density at radius 2 is 1.42 bits per heavy atom. The minimum atomic E-state index is -3.43. The highest BCUT2D eigenvalue weighted by Gasteiger charge is 2.28. The lowest BCUT2D eigenvalue weighted by Gasteiger charge is -2.34. The van der Waals surface area contributed by atoms with Crippen molar-refractivity contribution in [2.24, 2.45) is 0 Å². The molecule has 0 saturated carbocycles. The topological polar surface area (TPSA) is 64.2 Å². The molecule has 2 aliphatic rings. The molecule has 2 aromatic carbocycles. The van der Waals surface area contributed by atoms with Gasteiger partial charge in [0, 0.05) is 64.5 Å². The van der Waals surface area contributed by atoms with Crippen LogP contribution in [0.15, 0.2) is 59.5 Å². The highest BCUT2D eigenvalue weighted by molar-refractivity contribution is 7.89. The minimum absolute atomic E-state index is 0.0967. The summed E-state index contributed by atoms with van der Waals surface area (Å²) in [5.41, 5.74) is 1.86. The molecule has 2 fully saturated rings. The van der Waals surface area contributed by atoms with Crippen LogP contribution in [0.1, 0.15) is 15.9 Å². The van der Waals surface area contributed by atoms with E-state index in [1.165, 1.54) is 0 Å². The van der Waals surface area contributed by atoms with Gasteiger partial charge in [0.05, 0.1) is 4.90 Å². The molecule has 0 atom stereocenters. The van der Waals surface area contributed by atoms with Gasteiger partial charge in [-0.3, -0.25) is 9.69 Å². The summed E-state index contributed by atoms with van der Waals surface area (Å²) in [6.07, 6.45) is 0. The largest absolute Gasteiger partial charge is 0.336 e. The summed E-state index contributed by atoms with van der Waals surface area (Å²) in [6.45, 7) is 6.46. The van der Waals surface area contributed by atoms with Gasteiger partial charge in [0.15, 0.2) is 0 Å². The molecule has 2 heterocycles. The number of carbonyl (C=O) groups is 1. The van der Waals surface area contributed by atoms with Gasteiger partial charge in [-0.2, -0.15) is 4.31 Å². The van der Waals surface area contributed by atoms with Crippen LogP contribution in [0, 0.1) is 0 Å². The van der Waals surface area contributed by atoms with Crippen molar-refractivity contribution < 1.29 is 13.2 Å². The van der Waals surface area contributed by atoms with Crippen molar-refractivity contribution >= 4 is 15.9 Å². The Morgan fingerprint density at radius 1 is 0.806 bits per heavy atom. The van der Waals surface area contributed by atoms with E-state index in [0.29, 0.717) is 31.1 Å². The molecule has 1 amide bonds. The van der Waals surface area contributed by atoms with Crippen LogP contribution in [-0.4, -0.2) is 92.7 Å². The van der Waals surface area contributed by atoms with Crippen LogP contribution in [0.2, 0.25) is 0 Å². The lowest BCUT2D eigenvalue weighted by molar-refractivity contribution is 0.0664. The van der Waals surface area contributed by atoms with E-state index in [1.807, 2.05) is 35.2 Å². The van der Waals surface area contributed by atoms with Crippen molar-refractivity contribution in [3.63, 3.8) is 0 Å². The maximum Gasteiger partial charge on any atom is 0.253 e. The SMILES string of the molecule is CN1CCN(C(=O)c2ccc(CN3CCN(S(=O)(=O)c4ccccc4)CC3)cc2)CC1. The van der Waals surface area contributed by atoms with Gasteiger partial charge in [0.2, 0.25) is 10.0 Å². The van der Waals surface area contributed by atoms with Crippen molar-refractivity contribution in [1.82, 2.24) is 19.0 Å². The van der Waals surface area contributed by atoms with Crippen LogP contribution in [0.5, 0.6) is 0 Å². The van der Waals surface area contributed by atoms with Crippen molar-refractivity contribution in [3.8, 4) is 0 Å². The molecule has 2 saturated heterocycles. The molecule has 0 bridgehead atoms. The summed E-state index contributed by atoms with van der Waals surface area (Å²) in [7, 11) is -1.35. The lowest BCUT2D eigenvalue weighted by Crippen LogP contribution is -2.48. The van der Waals surface area contributed by atoms with Gasteiger partial charge in [0.1, 0.15) is 0 Å². The second-order valence-corrected chi connectivity index (χ2v) is 10.2. The van der Waals surface area contributed by atoms with E-state index in [1.54, 1.807) is 28.6 Å². The third-order valence-electron chi connectivity index (χ3n) is 6.11. The van der Waals surface area contributed by atoms with Crippen LogP contribution in [-0.2, 0) is 16.6 Å². The number of nitrogens with zero attached hydrogens (tertiary/aromatic N) is 4. The Labute approximate surface area is 184 Å². The maximum atomic E-state index is 12.8. The number of hydrogen-bond donors (Lipinski definition) is 0. The first kappa shape index (κ1) is 22.0. The molecule has 0 spiro atoms. The second kappa shape index (κ2) is 9.48. The number of sulfonamides is 1. The minimum Gasteiger partial charge on any atom is -0.336 e. The van der Waals surface area contributed by atoms with Crippen LogP contribution in [0.3, 0.4) is 0 Å². The number of rotatable bonds is 5. The monoisotopic (exact) mass is 442 g/mol. The zero-order valence-corrected chi connectivity index (χ0v) is 18.8. The van der Waals surface area contributed by atoms with Crippen LogP contribution in [0.4, 0.5) is 0 Å². The molecule has 166 valence electrons. The van der Waals surface area contributed by atoms with E-state index >= 15 is 0 Å². The lowest BCUT2D eigenvalue weighted by atomic mass is 10.1. The van der Waals surface area contributed by atoms with Crippen molar-refractivity contribution in [2.75, 3.05) is 59.4 Å². The molecular formula is C23H30N4O3S. The summed E-state index contributed by atoms with van der Waals surface area (Å²) in [4.78, 5) is 19.5. The molecule has 8 heteroatoms. The Morgan fingerprint density at radius 3 is 2.03 bits per heavy atom. The average molecular weight is 443 g/mol. The van der Waals surface area contributed by atoms with Crippen LogP contribution >= 0.6 is 0 Å². The maximum absolute atomic E-state index is 12.8. The fourth-order valence-corrected chi connectivity index (χ4v) is 5.52. The quantitative estimate of drug-likeness (QED) is 0.704. The summed E-state index contributed by atoms with van der Waals surface area (Å²) in [5.74, 6) is 0.0967. The highest BCUT2D eigenvalue weighted by atomic mass is 32.2. The van der Waals surface area contributed by atoms with E-state index in [-0.39, 0.29) is 5.91 Å². The zero-order chi connectivity index (χ0) is 21.8. The van der Waals surface area contributed by atoms with Crippen molar-refractivity contribution in [3.05, 3.63) is 65.7 Å². The summed E-state index contributed by atoms with van der Waals surface area (Å²) >= 11 is 0. The van der Waals surface area contributed by atoms with E-state index in [9.17, 15) is 13.2 Å². The molecule has 2 aliphatic heterocycles. The molecule has 0 N–H and O–H groups in total. The summed E-state index contributed by atoms with van der Waals surface area (Å²) < 4.78 is 27.1. The van der Waals surface area contributed by atoms with Gasteiger partial charge in [-0.05, 0) is 36.9 Å². The first-order valence-electron chi connectivity index (χ1n) is 10.8. The standard InChI is InChI=1S/C23H30N4O3S/c1-24-11-15-26(16-12-24)23(28)21-9-7-20(8-10-21)19-25-13-17-27(18-14-25)31(29,30)22-5-3-2-4-6-22/h2-10H,11-19H2,1H3. The highest BCUT2D eigenvalue weighted by Crippen LogP contribution is 2.18. The summed E-state index contributed by atoms with van der Waals surface area (Å²) in [5, 5.41) is 0. The van der Waals surface area contributed by atoms with E-state index < -0.39 is 10.0 Å². The number of amides is 1. The number of piperazine rings is 2. The molecule has 2 aromatic rings. The fourth-order valence-electron chi connectivity index (χ4n) is 4.07. The van der Waals surface area contributed by atoms with Gasteiger partial charge < -0.3 is 9.80 Å². The average Bonchev–Trinajstić information content (AvgIpc) is 2.81. The van der Waals surface area contributed by atoms with Gasteiger partial charge in [0.25, 0.3) is 5.91 Å². The molecule has 0 radical (unpaired) electrons. The number of hydrogen-bond acceptors (Lipinski definition) is 5. The molecule has 0 aromatic heterocycles. The van der Waals surface area contributed by atoms with Gasteiger partial charge in [-0.1, -0.05) is 30.3 Å². The molecule has 7 nitrogen and oxygen atoms in total. The van der Waals surface area contributed by atoms with Crippen LogP contribution in [0.25, 0.3) is 0 Å². The fraction of sp³-hybridized carbons (Fsp3) is 0.435. The molecular weight excluding hydrogens is 412 g/mol. The molecule has 0 aliphatic carbocycles. The Bertz CT molecular complexity index is 979. The first-order chi connectivity index (χ1) is 14.9. The predicted molar refractivity (Wildman–Crippen MR) is 120 cm³/mol. The second-order valence-electron chi connectivity index (χ2n) is 8.29.